The van der Waals surface area contributed by atoms with E-state index in [0.717, 1.165) is 14.7 Å². The first kappa shape index (κ1) is 20.5. The molecule has 0 aliphatic heterocycles. The van der Waals surface area contributed by atoms with E-state index in [4.69, 9.17) is 13.9 Å². The highest BCUT2D eigenvalue weighted by atomic mass is 127. The fourth-order valence-electron chi connectivity index (χ4n) is 2.37. The van der Waals surface area contributed by atoms with E-state index < -0.39 is 0 Å². The van der Waals surface area contributed by atoms with Crippen LogP contribution in [0.2, 0.25) is 0 Å². The first-order chi connectivity index (χ1) is 13.6. The Hall–Kier alpha value is -2.27. The SMILES string of the molecule is CCOc1cc(/C=N\NC(=O)CSc2nc3ccccc3o2)cc(I)c1OC. The molecule has 146 valence electrons. The molecule has 0 saturated carbocycles. The molecule has 0 atom stereocenters. The summed E-state index contributed by atoms with van der Waals surface area (Å²) in [7, 11) is 1.60. The second-order valence-corrected chi connectivity index (χ2v) is 7.59. The molecule has 0 saturated heterocycles. The zero-order chi connectivity index (χ0) is 19.9. The van der Waals surface area contributed by atoms with Gasteiger partial charge in [-0.05, 0) is 59.3 Å². The van der Waals surface area contributed by atoms with Gasteiger partial charge in [0.15, 0.2) is 17.1 Å². The molecule has 9 heteroatoms. The molecule has 28 heavy (non-hydrogen) atoms. The van der Waals surface area contributed by atoms with Gasteiger partial charge in [0.2, 0.25) is 0 Å². The topological polar surface area (TPSA) is 86.0 Å². The number of methoxy groups -OCH3 is 1. The van der Waals surface area contributed by atoms with Gasteiger partial charge in [-0.25, -0.2) is 10.4 Å². The van der Waals surface area contributed by atoms with Crippen molar-refractivity contribution in [2.75, 3.05) is 19.5 Å². The zero-order valence-electron chi connectivity index (χ0n) is 15.3. The number of halogens is 1. The summed E-state index contributed by atoms with van der Waals surface area (Å²) in [5, 5.41) is 4.46. The molecule has 0 aliphatic rings. The van der Waals surface area contributed by atoms with Crippen LogP contribution in [-0.2, 0) is 4.79 Å². The van der Waals surface area contributed by atoms with Crippen molar-refractivity contribution in [3.05, 3.63) is 45.5 Å². The third-order valence-electron chi connectivity index (χ3n) is 3.54. The Labute approximate surface area is 180 Å². The minimum absolute atomic E-state index is 0.147. The molecule has 0 bridgehead atoms. The number of thioether (sulfide) groups is 1. The van der Waals surface area contributed by atoms with Gasteiger partial charge in [0.25, 0.3) is 11.1 Å². The van der Waals surface area contributed by atoms with E-state index in [1.165, 1.54) is 11.8 Å². The molecule has 1 aromatic heterocycles. The summed E-state index contributed by atoms with van der Waals surface area (Å²) in [6.07, 6.45) is 1.56. The molecule has 0 unspecified atom stereocenters. The molecule has 2 aromatic carbocycles. The van der Waals surface area contributed by atoms with Gasteiger partial charge in [-0.15, -0.1) is 0 Å². The number of benzene rings is 2. The van der Waals surface area contributed by atoms with E-state index in [1.54, 1.807) is 13.3 Å². The van der Waals surface area contributed by atoms with Crippen LogP contribution in [0.15, 0.2) is 51.1 Å². The highest BCUT2D eigenvalue weighted by Gasteiger charge is 2.11. The molecule has 1 amide bonds. The third-order valence-corrected chi connectivity index (χ3v) is 5.17. The second-order valence-electron chi connectivity index (χ2n) is 5.50. The van der Waals surface area contributed by atoms with E-state index in [9.17, 15) is 4.79 Å². The molecule has 0 aliphatic carbocycles. The van der Waals surface area contributed by atoms with Gasteiger partial charge < -0.3 is 13.9 Å². The highest BCUT2D eigenvalue weighted by molar-refractivity contribution is 14.1. The molecule has 0 spiro atoms. The van der Waals surface area contributed by atoms with E-state index in [1.807, 2.05) is 43.3 Å². The lowest BCUT2D eigenvalue weighted by Gasteiger charge is -2.11. The number of nitrogens with one attached hydrogen (secondary N) is 1. The number of aromatic nitrogens is 1. The first-order valence-corrected chi connectivity index (χ1v) is 10.5. The number of oxazole rings is 1. The fourth-order valence-corrected chi connectivity index (χ4v) is 3.85. The van der Waals surface area contributed by atoms with Crippen LogP contribution < -0.4 is 14.9 Å². The largest absolute Gasteiger partial charge is 0.492 e. The lowest BCUT2D eigenvalue weighted by molar-refractivity contribution is -0.118. The third kappa shape index (κ3) is 5.16. The van der Waals surface area contributed by atoms with Crippen molar-refractivity contribution in [2.24, 2.45) is 5.10 Å². The van der Waals surface area contributed by atoms with Gasteiger partial charge >= 0.3 is 0 Å². The molecular weight excluding hydrogens is 493 g/mol. The first-order valence-electron chi connectivity index (χ1n) is 8.41. The molecule has 1 heterocycles. The van der Waals surface area contributed by atoms with Gasteiger partial charge in [-0.2, -0.15) is 5.10 Å². The number of fused-ring (bicyclic) bond motifs is 1. The molecule has 3 rings (SSSR count). The van der Waals surface area contributed by atoms with E-state index in [-0.39, 0.29) is 11.7 Å². The van der Waals surface area contributed by atoms with E-state index in [2.05, 4.69) is 38.1 Å². The lowest BCUT2D eigenvalue weighted by atomic mass is 10.2. The number of rotatable bonds is 8. The Morgan fingerprint density at radius 2 is 2.21 bits per heavy atom. The van der Waals surface area contributed by atoms with Gasteiger partial charge in [0.1, 0.15) is 5.52 Å². The average molecular weight is 511 g/mol. The Morgan fingerprint density at radius 1 is 1.39 bits per heavy atom. The van der Waals surface area contributed by atoms with Gasteiger partial charge in [-0.1, -0.05) is 23.9 Å². The van der Waals surface area contributed by atoms with Gasteiger partial charge in [-0.3, -0.25) is 4.79 Å². The summed E-state index contributed by atoms with van der Waals surface area (Å²) in [6.45, 7) is 2.43. The summed E-state index contributed by atoms with van der Waals surface area (Å²) >= 11 is 3.38. The van der Waals surface area contributed by atoms with Crippen LogP contribution in [0.1, 0.15) is 12.5 Å². The quantitative estimate of drug-likeness (QED) is 0.212. The number of nitrogens with zero attached hydrogens (tertiary/aromatic N) is 2. The van der Waals surface area contributed by atoms with Crippen molar-refractivity contribution >= 4 is 57.6 Å². The average Bonchev–Trinajstić information content (AvgIpc) is 3.09. The summed E-state index contributed by atoms with van der Waals surface area (Å²) in [5.41, 5.74) is 4.76. The predicted octanol–water partition coefficient (Wildman–Crippen LogP) is 4.08. The number of amides is 1. The van der Waals surface area contributed by atoms with Crippen molar-refractivity contribution in [1.82, 2.24) is 10.4 Å². The number of carbonyl (C=O) groups is 1. The fraction of sp³-hybridized carbons (Fsp3) is 0.211. The lowest BCUT2D eigenvalue weighted by Crippen LogP contribution is -2.19. The maximum Gasteiger partial charge on any atom is 0.257 e. The Bertz CT molecular complexity index is 973. The predicted molar refractivity (Wildman–Crippen MR) is 117 cm³/mol. The highest BCUT2D eigenvalue weighted by Crippen LogP contribution is 2.33. The number of hydrogen-bond acceptors (Lipinski definition) is 7. The van der Waals surface area contributed by atoms with Crippen molar-refractivity contribution < 1.29 is 18.7 Å². The molecule has 1 N–H and O–H groups in total. The summed E-state index contributed by atoms with van der Waals surface area (Å²) < 4.78 is 17.4. The molecule has 0 radical (unpaired) electrons. The summed E-state index contributed by atoms with van der Waals surface area (Å²) in [5.74, 6) is 1.21. The number of carbonyl (C=O) groups excluding carboxylic acids is 1. The van der Waals surface area contributed by atoms with E-state index >= 15 is 0 Å². The van der Waals surface area contributed by atoms with Crippen LogP contribution in [0.25, 0.3) is 11.1 Å². The standard InChI is InChI=1S/C19H18IN3O4S/c1-3-26-16-9-12(8-13(20)18(16)25-2)10-21-23-17(24)11-28-19-22-14-6-4-5-7-15(14)27-19/h4-10H,3,11H2,1-2H3,(H,23,24)/b21-10-. The summed E-state index contributed by atoms with van der Waals surface area (Å²) in [4.78, 5) is 16.3. The van der Waals surface area contributed by atoms with Crippen molar-refractivity contribution in [2.45, 2.75) is 12.1 Å². The molecule has 0 fully saturated rings. The molecular formula is C19H18IN3O4S. The summed E-state index contributed by atoms with van der Waals surface area (Å²) in [6, 6.07) is 11.2. The smallest absolute Gasteiger partial charge is 0.257 e. The maximum atomic E-state index is 12.0. The minimum Gasteiger partial charge on any atom is -0.492 e. The molecule has 3 aromatic rings. The maximum absolute atomic E-state index is 12.0. The monoisotopic (exact) mass is 511 g/mol. The number of ether oxygens (including phenoxy) is 2. The normalized spacial score (nSPS) is 11.1. The van der Waals surface area contributed by atoms with Crippen molar-refractivity contribution in [3.8, 4) is 11.5 Å². The van der Waals surface area contributed by atoms with Crippen LogP contribution in [0.4, 0.5) is 0 Å². The van der Waals surface area contributed by atoms with Crippen molar-refractivity contribution in [3.63, 3.8) is 0 Å². The Balaban J connectivity index is 1.57. The van der Waals surface area contributed by atoms with E-state index in [0.29, 0.717) is 28.9 Å². The number of hydrogen-bond donors (Lipinski definition) is 1. The number of hydrazone groups is 1. The molecule has 7 nitrogen and oxygen atoms in total. The second kappa shape index (κ2) is 9.78. The zero-order valence-corrected chi connectivity index (χ0v) is 18.2. The van der Waals surface area contributed by atoms with Crippen LogP contribution in [0.5, 0.6) is 11.5 Å². The van der Waals surface area contributed by atoms with Crippen LogP contribution in [-0.4, -0.2) is 36.6 Å². The Morgan fingerprint density at radius 3 is 2.96 bits per heavy atom. The minimum atomic E-state index is -0.253. The van der Waals surface area contributed by atoms with Crippen LogP contribution in [0.3, 0.4) is 0 Å². The van der Waals surface area contributed by atoms with Gasteiger partial charge in [0.05, 0.1) is 29.3 Å². The van der Waals surface area contributed by atoms with Crippen LogP contribution in [0, 0.1) is 3.57 Å². The van der Waals surface area contributed by atoms with Gasteiger partial charge in [0, 0.05) is 0 Å². The van der Waals surface area contributed by atoms with Crippen LogP contribution >= 0.6 is 34.4 Å². The Kier molecular flexibility index (Phi) is 7.15. The van der Waals surface area contributed by atoms with Crippen molar-refractivity contribution in [1.29, 1.82) is 0 Å². The number of para-hydroxylation sites is 2.